The van der Waals surface area contributed by atoms with Gasteiger partial charge in [0.1, 0.15) is 11.6 Å². The molecule has 1 aromatic carbocycles. The van der Waals surface area contributed by atoms with Crippen LogP contribution >= 0.6 is 0 Å². The van der Waals surface area contributed by atoms with Crippen LogP contribution in [0.15, 0.2) is 42.6 Å². The molecule has 1 aromatic heterocycles. The summed E-state index contributed by atoms with van der Waals surface area (Å²) in [5, 5.41) is 0. The van der Waals surface area contributed by atoms with E-state index in [4.69, 9.17) is 5.73 Å². The van der Waals surface area contributed by atoms with Crippen LogP contribution in [0, 0.1) is 5.41 Å². The van der Waals surface area contributed by atoms with E-state index < -0.39 is 0 Å². The fourth-order valence-corrected chi connectivity index (χ4v) is 3.29. The van der Waals surface area contributed by atoms with Crippen LogP contribution in [-0.4, -0.2) is 28.0 Å². The quantitative estimate of drug-likeness (QED) is 0.945. The van der Waals surface area contributed by atoms with Gasteiger partial charge in [0.25, 0.3) is 0 Å². The number of nitrogen functional groups attached to an aromatic ring is 1. The van der Waals surface area contributed by atoms with E-state index in [1.807, 2.05) is 0 Å². The number of hydrogen-bond donors (Lipinski definition) is 1. The van der Waals surface area contributed by atoms with Crippen LogP contribution < -0.4 is 5.73 Å². The molecule has 0 bridgehead atoms. The second-order valence-electron chi connectivity index (χ2n) is 6.83. The Morgan fingerprint density at radius 1 is 1.23 bits per heavy atom. The number of hydrogen-bond acceptors (Lipinski definition) is 4. The maximum Gasteiger partial charge on any atom is 0.144 e. The van der Waals surface area contributed by atoms with Crippen LogP contribution in [0.1, 0.15) is 37.6 Å². The summed E-state index contributed by atoms with van der Waals surface area (Å²) in [6.07, 6.45) is 2.91. The van der Waals surface area contributed by atoms with E-state index in [-0.39, 0.29) is 0 Å². The largest absolute Gasteiger partial charge is 0.384 e. The first-order chi connectivity index (χ1) is 10.5. The van der Waals surface area contributed by atoms with E-state index in [1.54, 1.807) is 12.3 Å². The molecule has 2 heterocycles. The normalized spacial score (nSPS) is 21.6. The first-order valence-corrected chi connectivity index (χ1v) is 7.89. The number of benzene rings is 1. The maximum atomic E-state index is 5.76. The molecule has 1 unspecified atom stereocenters. The van der Waals surface area contributed by atoms with Crippen molar-refractivity contribution in [3.63, 3.8) is 0 Å². The molecule has 2 aromatic rings. The van der Waals surface area contributed by atoms with Crippen molar-refractivity contribution in [2.24, 2.45) is 5.41 Å². The Labute approximate surface area is 132 Å². The van der Waals surface area contributed by atoms with Gasteiger partial charge in [-0.3, -0.25) is 4.90 Å². The first kappa shape index (κ1) is 15.0. The van der Waals surface area contributed by atoms with Crippen LogP contribution in [0.3, 0.4) is 0 Å². The third-order valence-corrected chi connectivity index (χ3v) is 4.75. The van der Waals surface area contributed by atoms with Crippen molar-refractivity contribution in [1.82, 2.24) is 14.9 Å². The number of nitrogens with zero attached hydrogens (tertiary/aromatic N) is 3. The van der Waals surface area contributed by atoms with E-state index >= 15 is 0 Å². The maximum absolute atomic E-state index is 5.76. The molecule has 0 saturated carbocycles. The molecule has 1 fully saturated rings. The monoisotopic (exact) mass is 296 g/mol. The fraction of sp³-hybridized carbons (Fsp3) is 0.444. The zero-order valence-corrected chi connectivity index (χ0v) is 13.4. The summed E-state index contributed by atoms with van der Waals surface area (Å²) in [5.41, 5.74) is 7.49. The third kappa shape index (κ3) is 3.28. The van der Waals surface area contributed by atoms with Gasteiger partial charge in [0.2, 0.25) is 0 Å². The van der Waals surface area contributed by atoms with Gasteiger partial charge in [-0.25, -0.2) is 9.97 Å². The molecule has 4 nitrogen and oxygen atoms in total. The Bertz CT molecular complexity index is 624. The standard InChI is InChI=1S/C18H24N4/c1-18(2)9-11-22(13-17-20-10-8-16(19)21-17)12-15(18)14-6-4-3-5-7-14/h3-8,10,15H,9,11-13H2,1-2H3,(H2,19,20,21). The highest BCUT2D eigenvalue weighted by molar-refractivity contribution is 5.25. The molecule has 3 rings (SSSR count). The smallest absolute Gasteiger partial charge is 0.144 e. The number of aromatic nitrogens is 2. The van der Waals surface area contributed by atoms with Gasteiger partial charge in [0, 0.05) is 18.7 Å². The van der Waals surface area contributed by atoms with E-state index in [2.05, 4.69) is 59.0 Å². The van der Waals surface area contributed by atoms with Crippen molar-refractivity contribution in [3.05, 3.63) is 54.0 Å². The van der Waals surface area contributed by atoms with Gasteiger partial charge < -0.3 is 5.73 Å². The molecule has 0 radical (unpaired) electrons. The Balaban J connectivity index is 1.76. The summed E-state index contributed by atoms with van der Waals surface area (Å²) in [6.45, 7) is 7.63. The molecule has 0 spiro atoms. The van der Waals surface area contributed by atoms with Gasteiger partial charge in [0.15, 0.2) is 0 Å². The summed E-state index contributed by atoms with van der Waals surface area (Å²) < 4.78 is 0. The highest BCUT2D eigenvalue weighted by Gasteiger charge is 2.36. The minimum absolute atomic E-state index is 0.314. The van der Waals surface area contributed by atoms with E-state index in [0.29, 0.717) is 17.2 Å². The van der Waals surface area contributed by atoms with E-state index in [9.17, 15) is 0 Å². The van der Waals surface area contributed by atoms with Crippen LogP contribution in [0.25, 0.3) is 0 Å². The van der Waals surface area contributed by atoms with E-state index in [0.717, 1.165) is 25.5 Å². The van der Waals surface area contributed by atoms with Crippen molar-refractivity contribution in [2.75, 3.05) is 18.8 Å². The molecule has 1 saturated heterocycles. The lowest BCUT2D eigenvalue weighted by molar-refractivity contribution is 0.0960. The van der Waals surface area contributed by atoms with Crippen molar-refractivity contribution in [2.45, 2.75) is 32.7 Å². The molecule has 1 aliphatic heterocycles. The van der Waals surface area contributed by atoms with Crippen molar-refractivity contribution < 1.29 is 0 Å². The van der Waals surface area contributed by atoms with Crippen LogP contribution in [0.2, 0.25) is 0 Å². The summed E-state index contributed by atoms with van der Waals surface area (Å²) in [5.74, 6) is 1.89. The fourth-order valence-electron chi connectivity index (χ4n) is 3.29. The minimum atomic E-state index is 0.314. The zero-order chi connectivity index (χ0) is 15.6. The highest BCUT2D eigenvalue weighted by atomic mass is 15.2. The van der Waals surface area contributed by atoms with Crippen LogP contribution in [0.5, 0.6) is 0 Å². The number of nitrogens with two attached hydrogens (primary N) is 1. The summed E-state index contributed by atoms with van der Waals surface area (Å²) in [6, 6.07) is 12.6. The molecule has 116 valence electrons. The lowest BCUT2D eigenvalue weighted by Crippen LogP contribution is -2.43. The predicted molar refractivity (Wildman–Crippen MR) is 89.3 cm³/mol. The van der Waals surface area contributed by atoms with Gasteiger partial charge in [-0.15, -0.1) is 0 Å². The molecule has 0 aliphatic carbocycles. The lowest BCUT2D eigenvalue weighted by Gasteiger charge is -2.44. The lowest BCUT2D eigenvalue weighted by atomic mass is 9.70. The molecule has 4 heteroatoms. The molecule has 22 heavy (non-hydrogen) atoms. The van der Waals surface area contributed by atoms with Crippen molar-refractivity contribution in [1.29, 1.82) is 0 Å². The number of anilines is 1. The first-order valence-electron chi connectivity index (χ1n) is 7.89. The van der Waals surface area contributed by atoms with Gasteiger partial charge in [-0.1, -0.05) is 44.2 Å². The van der Waals surface area contributed by atoms with E-state index in [1.165, 1.54) is 12.0 Å². The molecular weight excluding hydrogens is 272 g/mol. The summed E-state index contributed by atoms with van der Waals surface area (Å²) in [4.78, 5) is 11.1. The average molecular weight is 296 g/mol. The second kappa shape index (κ2) is 6.05. The Morgan fingerprint density at radius 2 is 2.00 bits per heavy atom. The van der Waals surface area contributed by atoms with Gasteiger partial charge >= 0.3 is 0 Å². The second-order valence-corrected chi connectivity index (χ2v) is 6.83. The molecule has 1 aliphatic rings. The number of piperidine rings is 1. The zero-order valence-electron chi connectivity index (χ0n) is 13.4. The Morgan fingerprint density at radius 3 is 2.73 bits per heavy atom. The number of rotatable bonds is 3. The van der Waals surface area contributed by atoms with Gasteiger partial charge in [-0.05, 0) is 30.0 Å². The molecule has 2 N–H and O–H groups in total. The van der Waals surface area contributed by atoms with Gasteiger partial charge in [0.05, 0.1) is 6.54 Å². The Hall–Kier alpha value is -1.94. The third-order valence-electron chi connectivity index (χ3n) is 4.75. The molecule has 0 amide bonds. The predicted octanol–water partition coefficient (Wildman–Crippen LogP) is 3.07. The van der Waals surface area contributed by atoms with Gasteiger partial charge in [-0.2, -0.15) is 0 Å². The molecule has 1 atom stereocenters. The van der Waals surface area contributed by atoms with Crippen LogP contribution in [-0.2, 0) is 6.54 Å². The van der Waals surface area contributed by atoms with Crippen molar-refractivity contribution in [3.8, 4) is 0 Å². The molecular formula is C18H24N4. The van der Waals surface area contributed by atoms with Crippen molar-refractivity contribution >= 4 is 5.82 Å². The topological polar surface area (TPSA) is 55.0 Å². The summed E-state index contributed by atoms with van der Waals surface area (Å²) >= 11 is 0. The minimum Gasteiger partial charge on any atom is -0.384 e. The highest BCUT2D eigenvalue weighted by Crippen LogP contribution is 2.42. The number of likely N-dealkylation sites (tertiary alicyclic amines) is 1. The Kier molecular flexibility index (Phi) is 4.12. The SMILES string of the molecule is CC1(C)CCN(Cc2nccc(N)n2)CC1c1ccccc1. The van der Waals surface area contributed by atoms with Crippen LogP contribution in [0.4, 0.5) is 5.82 Å². The summed E-state index contributed by atoms with van der Waals surface area (Å²) in [7, 11) is 0. The average Bonchev–Trinajstić information content (AvgIpc) is 2.50.